The highest BCUT2D eigenvalue weighted by molar-refractivity contribution is 5.55. The van der Waals surface area contributed by atoms with Crippen LogP contribution in [0.1, 0.15) is 24.1 Å². The molecule has 1 aromatic carbocycles. The highest BCUT2D eigenvalue weighted by Crippen LogP contribution is 2.28. The number of benzene rings is 1. The lowest BCUT2D eigenvalue weighted by Gasteiger charge is -2.24. The van der Waals surface area contributed by atoms with E-state index in [1.165, 1.54) is 6.07 Å². The fraction of sp³-hybridized carbons (Fsp3) is 0.267. The Balaban J connectivity index is 2.31. The Labute approximate surface area is 112 Å². The summed E-state index contributed by atoms with van der Waals surface area (Å²) < 4.78 is 14.1. The van der Waals surface area contributed by atoms with E-state index in [4.69, 9.17) is 5.73 Å². The molecule has 2 aromatic rings. The number of hydrogen-bond acceptors (Lipinski definition) is 3. The van der Waals surface area contributed by atoms with Crippen LogP contribution in [0.4, 0.5) is 10.1 Å². The van der Waals surface area contributed by atoms with Crippen LogP contribution in [0.3, 0.4) is 0 Å². The van der Waals surface area contributed by atoms with Crippen LogP contribution in [0.5, 0.6) is 0 Å². The summed E-state index contributed by atoms with van der Waals surface area (Å²) in [6, 6.07) is 8.66. The normalized spacial score (nSPS) is 12.2. The van der Waals surface area contributed by atoms with Gasteiger partial charge in [0.1, 0.15) is 5.82 Å². The van der Waals surface area contributed by atoms with E-state index in [-0.39, 0.29) is 11.9 Å². The Morgan fingerprint density at radius 2 is 1.95 bits per heavy atom. The molecule has 1 atom stereocenters. The summed E-state index contributed by atoms with van der Waals surface area (Å²) in [6.45, 7) is 2.47. The van der Waals surface area contributed by atoms with Crippen LogP contribution < -0.4 is 10.6 Å². The number of rotatable bonds is 4. The van der Waals surface area contributed by atoms with Crippen LogP contribution in [0, 0.1) is 5.82 Å². The summed E-state index contributed by atoms with van der Waals surface area (Å²) >= 11 is 0. The number of nitrogens with zero attached hydrogens (tertiary/aromatic N) is 2. The van der Waals surface area contributed by atoms with Gasteiger partial charge < -0.3 is 10.6 Å². The number of hydrogen-bond donors (Lipinski definition) is 1. The van der Waals surface area contributed by atoms with Gasteiger partial charge in [-0.15, -0.1) is 0 Å². The largest absolute Gasteiger partial charge is 0.368 e. The lowest BCUT2D eigenvalue weighted by Crippen LogP contribution is -2.21. The van der Waals surface area contributed by atoms with Gasteiger partial charge in [0.05, 0.1) is 5.69 Å². The molecule has 0 unspecified atom stereocenters. The summed E-state index contributed by atoms with van der Waals surface area (Å²) in [7, 11) is 1.87. The molecule has 0 aliphatic carbocycles. The molecule has 0 aliphatic heterocycles. The van der Waals surface area contributed by atoms with Gasteiger partial charge in [0.2, 0.25) is 0 Å². The minimum atomic E-state index is -0.244. The Bertz CT molecular complexity index is 540. The van der Waals surface area contributed by atoms with Crippen molar-refractivity contribution in [2.45, 2.75) is 19.5 Å². The average molecular weight is 259 g/mol. The molecule has 19 heavy (non-hydrogen) atoms. The number of anilines is 1. The maximum Gasteiger partial charge on any atom is 0.146 e. The van der Waals surface area contributed by atoms with Gasteiger partial charge in [-0.1, -0.05) is 12.1 Å². The van der Waals surface area contributed by atoms with E-state index in [0.29, 0.717) is 12.2 Å². The highest BCUT2D eigenvalue weighted by Gasteiger charge is 2.15. The molecule has 3 nitrogen and oxygen atoms in total. The minimum absolute atomic E-state index is 0.203. The Morgan fingerprint density at radius 3 is 2.58 bits per heavy atom. The second-order valence-corrected chi connectivity index (χ2v) is 4.68. The summed E-state index contributed by atoms with van der Waals surface area (Å²) in [4.78, 5) is 5.85. The lowest BCUT2D eigenvalue weighted by molar-refractivity contribution is 0.616. The number of halogens is 1. The fourth-order valence-electron chi connectivity index (χ4n) is 2.14. The monoisotopic (exact) mass is 259 g/mol. The Hall–Kier alpha value is -1.94. The predicted molar refractivity (Wildman–Crippen MR) is 75.3 cm³/mol. The first-order chi connectivity index (χ1) is 9.09. The van der Waals surface area contributed by atoms with Gasteiger partial charge in [0, 0.05) is 32.0 Å². The average Bonchev–Trinajstić information content (AvgIpc) is 2.39. The Kier molecular flexibility index (Phi) is 4.12. The van der Waals surface area contributed by atoms with E-state index in [1.54, 1.807) is 18.5 Å². The van der Waals surface area contributed by atoms with Crippen molar-refractivity contribution in [1.82, 2.24) is 4.98 Å². The van der Waals surface area contributed by atoms with Crippen LogP contribution in [-0.2, 0) is 6.54 Å². The van der Waals surface area contributed by atoms with Crippen LogP contribution in [-0.4, -0.2) is 12.0 Å². The zero-order chi connectivity index (χ0) is 13.8. The summed E-state index contributed by atoms with van der Waals surface area (Å²) in [5.41, 5.74) is 8.37. The number of aromatic nitrogens is 1. The molecule has 100 valence electrons. The molecule has 0 aliphatic rings. The van der Waals surface area contributed by atoms with Crippen molar-refractivity contribution in [1.29, 1.82) is 0 Å². The van der Waals surface area contributed by atoms with Crippen molar-refractivity contribution >= 4 is 5.69 Å². The van der Waals surface area contributed by atoms with E-state index < -0.39 is 0 Å². The maximum absolute atomic E-state index is 14.1. The number of pyridine rings is 1. The molecule has 2 N–H and O–H groups in total. The van der Waals surface area contributed by atoms with Crippen molar-refractivity contribution in [3.63, 3.8) is 0 Å². The van der Waals surface area contributed by atoms with Gasteiger partial charge in [-0.05, 0) is 36.2 Å². The summed E-state index contributed by atoms with van der Waals surface area (Å²) in [5.74, 6) is -0.244. The first kappa shape index (κ1) is 13.5. The van der Waals surface area contributed by atoms with Crippen molar-refractivity contribution in [2.24, 2.45) is 5.73 Å². The van der Waals surface area contributed by atoms with E-state index >= 15 is 0 Å². The molecular formula is C15H18FN3. The molecule has 0 fully saturated rings. The third kappa shape index (κ3) is 3.09. The molecule has 0 saturated heterocycles. The van der Waals surface area contributed by atoms with E-state index in [9.17, 15) is 4.39 Å². The third-order valence-corrected chi connectivity index (χ3v) is 3.06. The van der Waals surface area contributed by atoms with E-state index in [0.717, 1.165) is 11.1 Å². The zero-order valence-electron chi connectivity index (χ0n) is 11.2. The van der Waals surface area contributed by atoms with Crippen molar-refractivity contribution in [2.75, 3.05) is 11.9 Å². The third-order valence-electron chi connectivity index (χ3n) is 3.06. The maximum atomic E-state index is 14.1. The van der Waals surface area contributed by atoms with Crippen molar-refractivity contribution in [3.05, 3.63) is 59.7 Å². The van der Waals surface area contributed by atoms with Gasteiger partial charge in [-0.25, -0.2) is 4.39 Å². The van der Waals surface area contributed by atoms with Gasteiger partial charge in [0.25, 0.3) is 0 Å². The van der Waals surface area contributed by atoms with Crippen LogP contribution in [0.15, 0.2) is 42.7 Å². The standard InChI is InChI=1S/C15H18FN3/c1-11(17)13-4-3-5-14(16)15(13)19(2)10-12-6-8-18-9-7-12/h3-9,11H,10,17H2,1-2H3/t11-/m0/s1. The second kappa shape index (κ2) is 5.80. The fourth-order valence-corrected chi connectivity index (χ4v) is 2.14. The number of nitrogens with two attached hydrogens (primary N) is 1. The number of para-hydroxylation sites is 1. The molecule has 4 heteroatoms. The molecule has 0 saturated carbocycles. The van der Waals surface area contributed by atoms with E-state index in [2.05, 4.69) is 4.98 Å². The minimum Gasteiger partial charge on any atom is -0.368 e. The molecule has 0 bridgehead atoms. The molecule has 0 spiro atoms. The SMILES string of the molecule is C[C@H](N)c1cccc(F)c1N(C)Cc1ccncc1. The molecule has 0 amide bonds. The molecule has 0 radical (unpaired) electrons. The van der Waals surface area contributed by atoms with Crippen molar-refractivity contribution < 1.29 is 4.39 Å². The summed E-state index contributed by atoms with van der Waals surface area (Å²) in [6.07, 6.45) is 3.47. The van der Waals surface area contributed by atoms with Gasteiger partial charge >= 0.3 is 0 Å². The van der Waals surface area contributed by atoms with E-state index in [1.807, 2.05) is 37.1 Å². The molecule has 1 aromatic heterocycles. The highest BCUT2D eigenvalue weighted by atomic mass is 19.1. The van der Waals surface area contributed by atoms with Gasteiger partial charge in [-0.3, -0.25) is 4.98 Å². The first-order valence-corrected chi connectivity index (χ1v) is 6.23. The first-order valence-electron chi connectivity index (χ1n) is 6.23. The van der Waals surface area contributed by atoms with Crippen LogP contribution in [0.25, 0.3) is 0 Å². The van der Waals surface area contributed by atoms with Gasteiger partial charge in [-0.2, -0.15) is 0 Å². The lowest BCUT2D eigenvalue weighted by atomic mass is 10.1. The molecule has 2 rings (SSSR count). The quantitative estimate of drug-likeness (QED) is 0.918. The molecular weight excluding hydrogens is 241 g/mol. The van der Waals surface area contributed by atoms with Crippen LogP contribution in [0.2, 0.25) is 0 Å². The molecule has 1 heterocycles. The van der Waals surface area contributed by atoms with Crippen LogP contribution >= 0.6 is 0 Å². The smallest absolute Gasteiger partial charge is 0.146 e. The second-order valence-electron chi connectivity index (χ2n) is 4.68. The summed E-state index contributed by atoms with van der Waals surface area (Å²) in [5, 5.41) is 0. The van der Waals surface area contributed by atoms with Crippen molar-refractivity contribution in [3.8, 4) is 0 Å². The predicted octanol–water partition coefficient (Wildman–Crippen LogP) is 2.88. The topological polar surface area (TPSA) is 42.1 Å². The Morgan fingerprint density at radius 1 is 1.26 bits per heavy atom. The van der Waals surface area contributed by atoms with Gasteiger partial charge in [0.15, 0.2) is 0 Å². The zero-order valence-corrected chi connectivity index (χ0v) is 11.2.